The molecule has 24 heavy (non-hydrogen) atoms. The molecule has 0 bridgehead atoms. The zero-order valence-corrected chi connectivity index (χ0v) is 16.8. The monoisotopic (exact) mass is 339 g/mol. The standard InChI is InChI=1S/C22H45NO/c1-3-5-7-9-11-13-14-16-18-20-22(24)23-21-19-17-15-12-10-8-6-4-2/h3-21H2,1-2H3,(H,23,24). The van der Waals surface area contributed by atoms with Crippen molar-refractivity contribution in [3.8, 4) is 0 Å². The quantitative estimate of drug-likeness (QED) is 0.248. The third-order valence-corrected chi connectivity index (χ3v) is 4.86. The minimum Gasteiger partial charge on any atom is -0.356 e. The van der Waals surface area contributed by atoms with Crippen LogP contribution in [0.1, 0.15) is 129 Å². The van der Waals surface area contributed by atoms with Gasteiger partial charge in [-0.1, -0.05) is 110 Å². The topological polar surface area (TPSA) is 29.1 Å². The zero-order chi connectivity index (χ0) is 17.7. The lowest BCUT2D eigenvalue weighted by Crippen LogP contribution is -2.23. The molecule has 2 nitrogen and oxygen atoms in total. The average molecular weight is 340 g/mol. The number of nitrogens with one attached hydrogen (secondary N) is 1. The molecule has 0 heterocycles. The highest BCUT2D eigenvalue weighted by molar-refractivity contribution is 5.75. The second kappa shape index (κ2) is 20.5. The fourth-order valence-corrected chi connectivity index (χ4v) is 3.17. The van der Waals surface area contributed by atoms with Gasteiger partial charge in [0, 0.05) is 13.0 Å². The van der Waals surface area contributed by atoms with Crippen molar-refractivity contribution in [3.63, 3.8) is 0 Å². The summed E-state index contributed by atoms with van der Waals surface area (Å²) in [7, 11) is 0. The van der Waals surface area contributed by atoms with Crippen LogP contribution in [0.15, 0.2) is 0 Å². The van der Waals surface area contributed by atoms with Crippen LogP contribution in [0.3, 0.4) is 0 Å². The summed E-state index contributed by atoms with van der Waals surface area (Å²) in [6, 6.07) is 0. The number of carbonyl (C=O) groups excluding carboxylic acids is 1. The van der Waals surface area contributed by atoms with Crippen LogP contribution in [0.5, 0.6) is 0 Å². The molecule has 0 fully saturated rings. The number of unbranched alkanes of at least 4 members (excludes halogenated alkanes) is 15. The lowest BCUT2D eigenvalue weighted by atomic mass is 10.1. The van der Waals surface area contributed by atoms with Gasteiger partial charge in [0.1, 0.15) is 0 Å². The van der Waals surface area contributed by atoms with Crippen molar-refractivity contribution in [2.75, 3.05) is 6.54 Å². The highest BCUT2D eigenvalue weighted by Gasteiger charge is 2.00. The summed E-state index contributed by atoms with van der Waals surface area (Å²) in [5, 5.41) is 3.08. The second-order valence-electron chi connectivity index (χ2n) is 7.40. The highest BCUT2D eigenvalue weighted by atomic mass is 16.1. The van der Waals surface area contributed by atoms with E-state index in [0.29, 0.717) is 0 Å². The maximum Gasteiger partial charge on any atom is 0.219 e. The van der Waals surface area contributed by atoms with E-state index in [1.54, 1.807) is 0 Å². The summed E-state index contributed by atoms with van der Waals surface area (Å²) in [6.45, 7) is 5.41. The first-order chi connectivity index (χ1) is 11.8. The van der Waals surface area contributed by atoms with Gasteiger partial charge in [-0.15, -0.1) is 0 Å². The SMILES string of the molecule is CCCCCCCCCCCC(=O)NCCCCCCCCCC. The van der Waals surface area contributed by atoms with Gasteiger partial charge < -0.3 is 5.32 Å². The maximum atomic E-state index is 11.7. The summed E-state index contributed by atoms with van der Waals surface area (Å²) >= 11 is 0. The van der Waals surface area contributed by atoms with Crippen molar-refractivity contribution in [2.24, 2.45) is 0 Å². The van der Waals surface area contributed by atoms with Crippen LogP contribution >= 0.6 is 0 Å². The smallest absolute Gasteiger partial charge is 0.219 e. The van der Waals surface area contributed by atoms with Crippen LogP contribution in [0.4, 0.5) is 0 Å². The lowest BCUT2D eigenvalue weighted by Gasteiger charge is -2.06. The third kappa shape index (κ3) is 19.5. The fourth-order valence-electron chi connectivity index (χ4n) is 3.17. The first-order valence-electron chi connectivity index (χ1n) is 11.1. The summed E-state index contributed by atoms with van der Waals surface area (Å²) in [5.74, 6) is 0.265. The van der Waals surface area contributed by atoms with E-state index in [2.05, 4.69) is 19.2 Å². The predicted octanol–water partition coefficient (Wildman–Crippen LogP) is 7.16. The predicted molar refractivity (Wildman–Crippen MR) is 107 cm³/mol. The Kier molecular flexibility index (Phi) is 20.1. The van der Waals surface area contributed by atoms with Crippen molar-refractivity contribution in [2.45, 2.75) is 129 Å². The van der Waals surface area contributed by atoms with Gasteiger partial charge in [-0.3, -0.25) is 4.79 Å². The Morgan fingerprint density at radius 2 is 0.917 bits per heavy atom. The van der Waals surface area contributed by atoms with E-state index in [1.165, 1.54) is 96.3 Å². The summed E-state index contributed by atoms with van der Waals surface area (Å²) in [4.78, 5) is 11.7. The molecule has 0 aliphatic rings. The first kappa shape index (κ1) is 23.5. The molecular formula is C22H45NO. The highest BCUT2D eigenvalue weighted by Crippen LogP contribution is 2.10. The van der Waals surface area contributed by atoms with E-state index in [0.717, 1.165) is 25.8 Å². The van der Waals surface area contributed by atoms with Crippen molar-refractivity contribution >= 4 is 5.91 Å². The van der Waals surface area contributed by atoms with Crippen LogP contribution in [-0.2, 0) is 4.79 Å². The molecule has 1 amide bonds. The minimum absolute atomic E-state index is 0.265. The van der Waals surface area contributed by atoms with Gasteiger partial charge in [0.05, 0.1) is 0 Å². The lowest BCUT2D eigenvalue weighted by molar-refractivity contribution is -0.121. The molecule has 0 aromatic carbocycles. The molecule has 0 saturated carbocycles. The summed E-state index contributed by atoms with van der Waals surface area (Å²) in [6.07, 6.45) is 23.2. The molecule has 0 unspecified atom stereocenters. The van der Waals surface area contributed by atoms with Crippen molar-refractivity contribution in [3.05, 3.63) is 0 Å². The maximum absolute atomic E-state index is 11.7. The van der Waals surface area contributed by atoms with Crippen molar-refractivity contribution in [1.82, 2.24) is 5.32 Å². The molecule has 0 spiro atoms. The Labute approximate surface area is 152 Å². The molecule has 1 N–H and O–H groups in total. The van der Waals surface area contributed by atoms with E-state index in [9.17, 15) is 4.79 Å². The van der Waals surface area contributed by atoms with Gasteiger partial charge in [-0.05, 0) is 12.8 Å². The normalized spacial score (nSPS) is 10.9. The fraction of sp³-hybridized carbons (Fsp3) is 0.955. The Morgan fingerprint density at radius 3 is 1.38 bits per heavy atom. The Hall–Kier alpha value is -0.530. The van der Waals surface area contributed by atoms with Gasteiger partial charge in [-0.2, -0.15) is 0 Å². The van der Waals surface area contributed by atoms with Crippen LogP contribution in [-0.4, -0.2) is 12.5 Å². The van der Waals surface area contributed by atoms with E-state index >= 15 is 0 Å². The molecular weight excluding hydrogens is 294 g/mol. The molecule has 0 rings (SSSR count). The van der Waals surface area contributed by atoms with Gasteiger partial charge in [0.25, 0.3) is 0 Å². The van der Waals surface area contributed by atoms with E-state index in [-0.39, 0.29) is 5.91 Å². The molecule has 144 valence electrons. The molecule has 2 heteroatoms. The van der Waals surface area contributed by atoms with Crippen LogP contribution < -0.4 is 5.32 Å². The summed E-state index contributed by atoms with van der Waals surface area (Å²) in [5.41, 5.74) is 0. The van der Waals surface area contributed by atoms with Crippen LogP contribution in [0.25, 0.3) is 0 Å². The molecule has 0 aliphatic heterocycles. The molecule has 0 radical (unpaired) electrons. The van der Waals surface area contributed by atoms with Crippen LogP contribution in [0, 0.1) is 0 Å². The number of hydrogen-bond acceptors (Lipinski definition) is 1. The largest absolute Gasteiger partial charge is 0.356 e. The molecule has 0 aromatic heterocycles. The van der Waals surface area contributed by atoms with E-state index in [4.69, 9.17) is 0 Å². The second-order valence-corrected chi connectivity index (χ2v) is 7.40. The van der Waals surface area contributed by atoms with Gasteiger partial charge in [0.2, 0.25) is 5.91 Å². The Morgan fingerprint density at radius 1 is 0.542 bits per heavy atom. The van der Waals surface area contributed by atoms with Gasteiger partial charge >= 0.3 is 0 Å². The average Bonchev–Trinajstić information content (AvgIpc) is 2.59. The van der Waals surface area contributed by atoms with Crippen molar-refractivity contribution < 1.29 is 4.79 Å². The number of carbonyl (C=O) groups is 1. The molecule has 0 aromatic rings. The number of hydrogen-bond donors (Lipinski definition) is 1. The van der Waals surface area contributed by atoms with Crippen molar-refractivity contribution in [1.29, 1.82) is 0 Å². The van der Waals surface area contributed by atoms with E-state index in [1.807, 2.05) is 0 Å². The minimum atomic E-state index is 0.265. The number of amides is 1. The Bertz CT molecular complexity index is 228. The number of rotatable bonds is 19. The molecule has 0 atom stereocenters. The van der Waals surface area contributed by atoms with Crippen LogP contribution in [0.2, 0.25) is 0 Å². The zero-order valence-electron chi connectivity index (χ0n) is 16.8. The molecule has 0 saturated heterocycles. The Balaban J connectivity index is 3.13. The van der Waals surface area contributed by atoms with Gasteiger partial charge in [-0.25, -0.2) is 0 Å². The first-order valence-corrected chi connectivity index (χ1v) is 11.1. The third-order valence-electron chi connectivity index (χ3n) is 4.86. The van der Waals surface area contributed by atoms with E-state index < -0.39 is 0 Å². The summed E-state index contributed by atoms with van der Waals surface area (Å²) < 4.78 is 0. The van der Waals surface area contributed by atoms with Gasteiger partial charge in [0.15, 0.2) is 0 Å². The molecule has 0 aliphatic carbocycles.